The van der Waals surface area contributed by atoms with E-state index in [1.54, 1.807) is 19.9 Å². The Bertz CT molecular complexity index is 739. The zero-order valence-electron chi connectivity index (χ0n) is 11.1. The molecule has 4 nitrogen and oxygen atoms in total. The molecule has 0 atom stereocenters. The summed E-state index contributed by atoms with van der Waals surface area (Å²) in [5, 5.41) is 0. The standard InChI is InChI=1S/C13H15FN2O2S2/c1-8-3-4-10(14)5-12(8)16-20(17,18)13-6-11(7-15)19-9(13)2/h3-6,16H,7,15H2,1-2H3. The maximum atomic E-state index is 13.2. The maximum absolute atomic E-state index is 13.2. The van der Waals surface area contributed by atoms with Gasteiger partial charge in [-0.25, -0.2) is 12.8 Å². The average Bonchev–Trinajstić information content (AvgIpc) is 2.76. The van der Waals surface area contributed by atoms with Crippen molar-refractivity contribution in [2.45, 2.75) is 25.3 Å². The van der Waals surface area contributed by atoms with Gasteiger partial charge in [0.05, 0.1) is 5.69 Å². The molecule has 0 fully saturated rings. The van der Waals surface area contributed by atoms with Crippen LogP contribution in [0.1, 0.15) is 15.3 Å². The first kappa shape index (κ1) is 15.0. The number of thiophene rings is 1. The minimum atomic E-state index is -3.73. The molecule has 2 aromatic rings. The number of hydrogen-bond donors (Lipinski definition) is 2. The normalized spacial score (nSPS) is 11.6. The van der Waals surface area contributed by atoms with Crippen LogP contribution in [0.15, 0.2) is 29.2 Å². The summed E-state index contributed by atoms with van der Waals surface area (Å²) in [6.45, 7) is 3.72. The molecule has 0 bridgehead atoms. The van der Waals surface area contributed by atoms with Gasteiger partial charge in [-0.1, -0.05) is 6.07 Å². The first-order valence-electron chi connectivity index (χ1n) is 5.92. The van der Waals surface area contributed by atoms with Crippen molar-refractivity contribution >= 4 is 27.0 Å². The van der Waals surface area contributed by atoms with Crippen LogP contribution in [0.2, 0.25) is 0 Å². The van der Waals surface area contributed by atoms with Crippen molar-refractivity contribution in [3.63, 3.8) is 0 Å². The number of rotatable bonds is 4. The van der Waals surface area contributed by atoms with Crippen molar-refractivity contribution in [3.05, 3.63) is 45.4 Å². The van der Waals surface area contributed by atoms with E-state index in [1.807, 2.05) is 0 Å². The Hall–Kier alpha value is -1.44. The molecule has 0 saturated carbocycles. The first-order chi connectivity index (χ1) is 9.33. The molecule has 0 spiro atoms. The molecule has 1 heterocycles. The van der Waals surface area contributed by atoms with E-state index in [4.69, 9.17) is 5.73 Å². The number of nitrogens with two attached hydrogens (primary N) is 1. The summed E-state index contributed by atoms with van der Waals surface area (Å²) >= 11 is 1.34. The molecule has 108 valence electrons. The highest BCUT2D eigenvalue weighted by molar-refractivity contribution is 7.93. The molecule has 0 amide bonds. The topological polar surface area (TPSA) is 72.2 Å². The van der Waals surface area contributed by atoms with Crippen molar-refractivity contribution in [1.82, 2.24) is 0 Å². The van der Waals surface area contributed by atoms with Gasteiger partial charge < -0.3 is 5.73 Å². The lowest BCUT2D eigenvalue weighted by molar-refractivity contribution is 0.601. The van der Waals surface area contributed by atoms with E-state index in [2.05, 4.69) is 4.72 Å². The third-order valence-electron chi connectivity index (χ3n) is 2.86. The molecule has 0 saturated heterocycles. The van der Waals surface area contributed by atoms with Crippen molar-refractivity contribution in [3.8, 4) is 0 Å². The van der Waals surface area contributed by atoms with E-state index in [1.165, 1.54) is 29.5 Å². The van der Waals surface area contributed by atoms with Crippen LogP contribution in [0.5, 0.6) is 0 Å². The van der Waals surface area contributed by atoms with Crippen molar-refractivity contribution in [2.24, 2.45) is 5.73 Å². The number of benzene rings is 1. The van der Waals surface area contributed by atoms with Gasteiger partial charge in [-0.05, 0) is 37.6 Å². The molecule has 2 rings (SSSR count). The van der Waals surface area contributed by atoms with E-state index < -0.39 is 15.8 Å². The zero-order valence-corrected chi connectivity index (χ0v) is 12.7. The van der Waals surface area contributed by atoms with Crippen LogP contribution in [0, 0.1) is 19.7 Å². The minimum absolute atomic E-state index is 0.187. The van der Waals surface area contributed by atoms with Gasteiger partial charge in [0.1, 0.15) is 10.7 Å². The van der Waals surface area contributed by atoms with Crippen molar-refractivity contribution in [2.75, 3.05) is 4.72 Å². The van der Waals surface area contributed by atoms with Gasteiger partial charge in [-0.2, -0.15) is 0 Å². The Labute approximate surface area is 121 Å². The van der Waals surface area contributed by atoms with Gasteiger partial charge >= 0.3 is 0 Å². The second-order valence-electron chi connectivity index (χ2n) is 4.40. The van der Waals surface area contributed by atoms with Crippen molar-refractivity contribution in [1.29, 1.82) is 0 Å². The summed E-state index contributed by atoms with van der Waals surface area (Å²) in [7, 11) is -3.73. The Kier molecular flexibility index (Phi) is 4.12. The molecular formula is C13H15FN2O2S2. The van der Waals surface area contributed by atoms with Gasteiger partial charge in [-0.15, -0.1) is 11.3 Å². The fourth-order valence-electron chi connectivity index (χ4n) is 1.80. The molecule has 0 aliphatic rings. The largest absolute Gasteiger partial charge is 0.326 e. The van der Waals surface area contributed by atoms with E-state index in [0.29, 0.717) is 17.0 Å². The zero-order chi connectivity index (χ0) is 14.9. The Morgan fingerprint density at radius 1 is 1.30 bits per heavy atom. The monoisotopic (exact) mass is 314 g/mol. The molecule has 20 heavy (non-hydrogen) atoms. The summed E-state index contributed by atoms with van der Waals surface area (Å²) in [5.41, 5.74) is 6.41. The highest BCUT2D eigenvalue weighted by Crippen LogP contribution is 2.28. The quantitative estimate of drug-likeness (QED) is 0.911. The Morgan fingerprint density at radius 2 is 2.00 bits per heavy atom. The lowest BCUT2D eigenvalue weighted by Gasteiger charge is -2.10. The van der Waals surface area contributed by atoms with E-state index in [0.717, 1.165) is 4.88 Å². The second-order valence-corrected chi connectivity index (χ2v) is 7.39. The Morgan fingerprint density at radius 3 is 2.60 bits per heavy atom. The van der Waals surface area contributed by atoms with Crippen LogP contribution in [0.25, 0.3) is 0 Å². The fourth-order valence-corrected chi connectivity index (χ4v) is 4.43. The number of anilines is 1. The van der Waals surface area contributed by atoms with Crippen LogP contribution < -0.4 is 10.5 Å². The van der Waals surface area contributed by atoms with Crippen LogP contribution in [0.3, 0.4) is 0 Å². The first-order valence-corrected chi connectivity index (χ1v) is 8.22. The average molecular weight is 314 g/mol. The summed E-state index contributed by atoms with van der Waals surface area (Å²) in [6.07, 6.45) is 0. The summed E-state index contributed by atoms with van der Waals surface area (Å²) < 4.78 is 40.3. The number of sulfonamides is 1. The van der Waals surface area contributed by atoms with Gasteiger partial charge in [0.2, 0.25) is 0 Å². The third-order valence-corrected chi connectivity index (χ3v) is 5.55. The molecule has 1 aromatic carbocycles. The molecule has 0 unspecified atom stereocenters. The smallest absolute Gasteiger partial charge is 0.263 e. The number of aryl methyl sites for hydroxylation is 2. The number of hydrogen-bond acceptors (Lipinski definition) is 4. The van der Waals surface area contributed by atoms with Gasteiger partial charge in [-0.3, -0.25) is 4.72 Å². The van der Waals surface area contributed by atoms with Gasteiger partial charge in [0.25, 0.3) is 10.0 Å². The van der Waals surface area contributed by atoms with Crippen LogP contribution in [-0.2, 0) is 16.6 Å². The molecular weight excluding hydrogens is 299 g/mol. The fraction of sp³-hybridized carbons (Fsp3) is 0.231. The molecule has 3 N–H and O–H groups in total. The highest BCUT2D eigenvalue weighted by atomic mass is 32.2. The van der Waals surface area contributed by atoms with Crippen LogP contribution >= 0.6 is 11.3 Å². The lowest BCUT2D eigenvalue weighted by Crippen LogP contribution is -2.14. The molecule has 7 heteroatoms. The third kappa shape index (κ3) is 3.00. The Balaban J connectivity index is 2.40. The predicted molar refractivity (Wildman–Crippen MR) is 78.9 cm³/mol. The van der Waals surface area contributed by atoms with E-state index >= 15 is 0 Å². The molecule has 0 aliphatic carbocycles. The summed E-state index contributed by atoms with van der Waals surface area (Å²) in [6, 6.07) is 5.53. The van der Waals surface area contributed by atoms with Gasteiger partial charge in [0, 0.05) is 16.3 Å². The van der Waals surface area contributed by atoms with Crippen LogP contribution in [-0.4, -0.2) is 8.42 Å². The van der Waals surface area contributed by atoms with Crippen molar-refractivity contribution < 1.29 is 12.8 Å². The van der Waals surface area contributed by atoms with Crippen LogP contribution in [0.4, 0.5) is 10.1 Å². The summed E-state index contributed by atoms with van der Waals surface area (Å²) in [4.78, 5) is 1.64. The van der Waals surface area contributed by atoms with Gasteiger partial charge in [0.15, 0.2) is 0 Å². The number of halogens is 1. The highest BCUT2D eigenvalue weighted by Gasteiger charge is 2.20. The summed E-state index contributed by atoms with van der Waals surface area (Å²) in [5.74, 6) is -0.488. The van der Waals surface area contributed by atoms with E-state index in [9.17, 15) is 12.8 Å². The number of nitrogens with one attached hydrogen (secondary N) is 1. The lowest BCUT2D eigenvalue weighted by atomic mass is 10.2. The SMILES string of the molecule is Cc1ccc(F)cc1NS(=O)(=O)c1cc(CN)sc1C. The molecule has 0 radical (unpaired) electrons. The minimum Gasteiger partial charge on any atom is -0.326 e. The second kappa shape index (κ2) is 5.51. The van der Waals surface area contributed by atoms with E-state index in [-0.39, 0.29) is 10.6 Å². The maximum Gasteiger partial charge on any atom is 0.263 e. The molecule has 0 aliphatic heterocycles. The molecule has 1 aromatic heterocycles. The predicted octanol–water partition coefficient (Wildman–Crippen LogP) is 2.76.